The van der Waals surface area contributed by atoms with Gasteiger partial charge in [-0.25, -0.2) is 9.18 Å². The number of halogens is 1. The van der Waals surface area contributed by atoms with Crippen molar-refractivity contribution in [3.05, 3.63) is 126 Å². The molecule has 38 heavy (non-hydrogen) atoms. The van der Waals surface area contributed by atoms with Crippen molar-refractivity contribution < 1.29 is 9.31 Å². The Morgan fingerprint density at radius 3 is 2.47 bits per heavy atom. The summed E-state index contributed by atoms with van der Waals surface area (Å²) in [5.41, 5.74) is -0.0885. The van der Waals surface area contributed by atoms with Gasteiger partial charge in [-0.2, -0.15) is 5.10 Å². The van der Waals surface area contributed by atoms with Crippen molar-refractivity contribution in [2.75, 3.05) is 0 Å². The molecular weight excluding hydrogens is 489 g/mol. The lowest BCUT2D eigenvalue weighted by atomic mass is 9.93. The second-order valence-electron chi connectivity index (χ2n) is 9.32. The topological polar surface area (TPSA) is 105 Å². The Kier molecular flexibility index (Phi) is 7.12. The van der Waals surface area contributed by atoms with E-state index < -0.39 is 21.9 Å². The number of nitro groups is 1. The fraction of sp³-hybridized carbons (Fsp3) is 0.250. The van der Waals surface area contributed by atoms with Gasteiger partial charge in [0.25, 0.3) is 0 Å². The predicted molar refractivity (Wildman–Crippen MR) is 141 cm³/mol. The van der Waals surface area contributed by atoms with Crippen molar-refractivity contribution in [2.45, 2.75) is 44.8 Å². The number of hydrogen-bond donors (Lipinski definition) is 0. The number of aryl methyl sites for hydroxylation is 1. The van der Waals surface area contributed by atoms with Crippen molar-refractivity contribution in [3.63, 3.8) is 0 Å². The highest BCUT2D eigenvalue weighted by atomic mass is 19.1. The fourth-order valence-corrected chi connectivity index (χ4v) is 4.61. The standard InChI is InChI=1S/C28H26FN5O4/c29-24-12-5-4-9-22(24)19-31-18-21(17-30-31)13-14-25-26(34(37)38)27(35)33(23-10-6-11-23)28(36)32(25)16-15-20-7-2-1-3-8-20/h1-5,7-9,12-14,17-18,23H,6,10-11,15-16,19H2/b14-13+. The molecule has 9 nitrogen and oxygen atoms in total. The molecule has 0 aliphatic heterocycles. The van der Waals surface area contributed by atoms with Crippen LogP contribution in [0.5, 0.6) is 0 Å². The van der Waals surface area contributed by atoms with Gasteiger partial charge < -0.3 is 0 Å². The maximum atomic E-state index is 14.0. The highest BCUT2D eigenvalue weighted by Crippen LogP contribution is 2.30. The van der Waals surface area contributed by atoms with E-state index in [0.717, 1.165) is 16.6 Å². The largest absolute Gasteiger partial charge is 0.357 e. The van der Waals surface area contributed by atoms with E-state index in [-0.39, 0.29) is 30.6 Å². The Bertz CT molecular complexity index is 1620. The molecule has 10 heteroatoms. The van der Waals surface area contributed by atoms with Gasteiger partial charge in [-0.15, -0.1) is 0 Å². The summed E-state index contributed by atoms with van der Waals surface area (Å²) >= 11 is 0. The van der Waals surface area contributed by atoms with Crippen molar-refractivity contribution in [2.24, 2.45) is 0 Å². The van der Waals surface area contributed by atoms with Crippen LogP contribution < -0.4 is 11.2 Å². The summed E-state index contributed by atoms with van der Waals surface area (Å²) in [4.78, 5) is 38.1. The zero-order valence-corrected chi connectivity index (χ0v) is 20.6. The minimum atomic E-state index is -0.879. The van der Waals surface area contributed by atoms with Gasteiger partial charge in [0.15, 0.2) is 0 Å². The molecule has 0 spiro atoms. The van der Waals surface area contributed by atoms with Gasteiger partial charge in [0.05, 0.1) is 17.7 Å². The Morgan fingerprint density at radius 2 is 1.79 bits per heavy atom. The molecule has 0 bridgehead atoms. The molecule has 0 radical (unpaired) electrons. The van der Waals surface area contributed by atoms with Crippen LogP contribution in [0.1, 0.15) is 47.7 Å². The van der Waals surface area contributed by atoms with E-state index in [1.807, 2.05) is 30.3 Å². The molecule has 0 atom stereocenters. The normalized spacial score (nSPS) is 13.6. The Morgan fingerprint density at radius 1 is 1.05 bits per heavy atom. The van der Waals surface area contributed by atoms with Crippen LogP contribution in [0.2, 0.25) is 0 Å². The van der Waals surface area contributed by atoms with Crippen molar-refractivity contribution >= 4 is 17.8 Å². The summed E-state index contributed by atoms with van der Waals surface area (Å²) in [6.07, 6.45) is 8.79. The number of hydrogen-bond acceptors (Lipinski definition) is 5. The molecule has 2 aromatic heterocycles. The minimum Gasteiger partial charge on any atom is -0.287 e. The van der Waals surface area contributed by atoms with E-state index in [1.54, 1.807) is 35.2 Å². The Labute approximate surface area is 217 Å². The van der Waals surface area contributed by atoms with Gasteiger partial charge in [-0.1, -0.05) is 48.5 Å². The molecule has 2 heterocycles. The van der Waals surface area contributed by atoms with E-state index in [0.29, 0.717) is 30.4 Å². The average Bonchev–Trinajstić information content (AvgIpc) is 3.32. The van der Waals surface area contributed by atoms with Crippen LogP contribution in [0, 0.1) is 15.9 Å². The summed E-state index contributed by atoms with van der Waals surface area (Å²) in [6, 6.07) is 15.6. The predicted octanol–water partition coefficient (Wildman–Crippen LogP) is 4.44. The molecule has 4 aromatic rings. The monoisotopic (exact) mass is 515 g/mol. The van der Waals surface area contributed by atoms with Crippen LogP contribution in [0.3, 0.4) is 0 Å². The average molecular weight is 516 g/mol. The summed E-state index contributed by atoms with van der Waals surface area (Å²) in [7, 11) is 0. The quantitative estimate of drug-likeness (QED) is 0.242. The third kappa shape index (κ3) is 5.10. The summed E-state index contributed by atoms with van der Waals surface area (Å²) in [5, 5.41) is 16.3. The molecule has 0 unspecified atom stereocenters. The first-order valence-electron chi connectivity index (χ1n) is 12.4. The second-order valence-corrected chi connectivity index (χ2v) is 9.32. The van der Waals surface area contributed by atoms with Crippen molar-refractivity contribution in [1.29, 1.82) is 0 Å². The number of rotatable bonds is 9. The maximum absolute atomic E-state index is 14.0. The van der Waals surface area contributed by atoms with Gasteiger partial charge >= 0.3 is 16.9 Å². The lowest BCUT2D eigenvalue weighted by Gasteiger charge is -2.27. The SMILES string of the molecule is O=c1c([N+](=O)[O-])c(/C=C/c2cnn(Cc3ccccc3F)c2)n(CCc2ccccc2)c(=O)n1C1CCC1. The molecule has 0 amide bonds. The van der Waals surface area contributed by atoms with E-state index in [9.17, 15) is 24.1 Å². The summed E-state index contributed by atoms with van der Waals surface area (Å²) in [5.74, 6) is -0.342. The third-order valence-electron chi connectivity index (χ3n) is 6.86. The molecule has 1 saturated carbocycles. The number of benzene rings is 2. The zero-order chi connectivity index (χ0) is 26.6. The Hall–Kier alpha value is -4.60. The molecule has 5 rings (SSSR count). The first-order chi connectivity index (χ1) is 18.4. The summed E-state index contributed by atoms with van der Waals surface area (Å²) < 4.78 is 17.9. The highest BCUT2D eigenvalue weighted by Gasteiger charge is 2.31. The lowest BCUT2D eigenvalue weighted by Crippen LogP contribution is -2.46. The van der Waals surface area contributed by atoms with Crippen LogP contribution in [0.25, 0.3) is 12.2 Å². The van der Waals surface area contributed by atoms with Crippen molar-refractivity contribution in [1.82, 2.24) is 18.9 Å². The van der Waals surface area contributed by atoms with E-state index in [4.69, 9.17) is 0 Å². The van der Waals surface area contributed by atoms with Gasteiger partial charge in [0.1, 0.15) is 11.5 Å². The molecule has 2 aromatic carbocycles. The van der Waals surface area contributed by atoms with E-state index in [1.165, 1.54) is 22.9 Å². The number of aromatic nitrogens is 4. The highest BCUT2D eigenvalue weighted by molar-refractivity contribution is 5.71. The molecule has 0 N–H and O–H groups in total. The molecule has 1 aliphatic carbocycles. The molecule has 1 aliphatic rings. The van der Waals surface area contributed by atoms with Gasteiger partial charge in [-0.3, -0.25) is 28.7 Å². The van der Waals surface area contributed by atoms with Crippen LogP contribution in [-0.2, 0) is 19.5 Å². The van der Waals surface area contributed by atoms with Gasteiger partial charge in [0, 0.05) is 29.9 Å². The first-order valence-corrected chi connectivity index (χ1v) is 12.4. The van der Waals surface area contributed by atoms with Gasteiger partial charge in [-0.05, 0) is 49.5 Å². The molecule has 1 fully saturated rings. The van der Waals surface area contributed by atoms with Crippen LogP contribution >= 0.6 is 0 Å². The van der Waals surface area contributed by atoms with Crippen LogP contribution in [0.15, 0.2) is 76.6 Å². The van der Waals surface area contributed by atoms with Crippen molar-refractivity contribution in [3.8, 4) is 0 Å². The molecule has 0 saturated heterocycles. The van der Waals surface area contributed by atoms with Gasteiger partial charge in [0.2, 0.25) is 0 Å². The van der Waals surface area contributed by atoms with Crippen LogP contribution in [-0.4, -0.2) is 23.8 Å². The minimum absolute atomic E-state index is 0.0571. The molecular formula is C28H26FN5O4. The van der Waals surface area contributed by atoms with E-state index >= 15 is 0 Å². The smallest absolute Gasteiger partial charge is 0.287 e. The first kappa shape index (κ1) is 25.1. The van der Waals surface area contributed by atoms with Crippen LogP contribution in [0.4, 0.5) is 10.1 Å². The van der Waals surface area contributed by atoms with E-state index in [2.05, 4.69) is 5.10 Å². The third-order valence-corrected chi connectivity index (χ3v) is 6.86. The fourth-order valence-electron chi connectivity index (χ4n) is 4.61. The Balaban J connectivity index is 1.53. The summed E-state index contributed by atoms with van der Waals surface area (Å²) in [6.45, 7) is 0.378. The molecule has 194 valence electrons. The number of nitrogens with zero attached hydrogens (tertiary/aromatic N) is 5. The lowest BCUT2D eigenvalue weighted by molar-refractivity contribution is -0.387. The zero-order valence-electron chi connectivity index (χ0n) is 20.6. The maximum Gasteiger partial charge on any atom is 0.357 e. The second kappa shape index (κ2) is 10.8.